The monoisotopic (exact) mass is 299 g/mol. The third kappa shape index (κ3) is 4.18. The lowest BCUT2D eigenvalue weighted by Gasteiger charge is -2.16. The number of benzene rings is 1. The van der Waals surface area contributed by atoms with E-state index < -0.39 is 0 Å². The Labute approximate surface area is 132 Å². The topological polar surface area (TPSA) is 41.3 Å². The minimum absolute atomic E-state index is 0.545. The predicted octanol–water partition coefficient (Wildman–Crippen LogP) is 2.99. The smallest absolute Gasteiger partial charge is 0.150 e. The molecule has 0 spiro atoms. The molecule has 2 heterocycles. The van der Waals surface area contributed by atoms with Crippen molar-refractivity contribution in [3.05, 3.63) is 53.4 Å². The Morgan fingerprint density at radius 2 is 2.18 bits per heavy atom. The van der Waals surface area contributed by atoms with Gasteiger partial charge in [-0.1, -0.05) is 48.8 Å². The minimum Gasteiger partial charge on any atom is -0.360 e. The van der Waals surface area contributed by atoms with Crippen LogP contribution in [0.1, 0.15) is 36.8 Å². The average Bonchev–Trinajstić information content (AvgIpc) is 3.16. The molecule has 0 radical (unpaired) electrons. The van der Waals surface area contributed by atoms with E-state index in [0.717, 1.165) is 50.5 Å². The molecule has 0 aliphatic carbocycles. The first-order valence-corrected chi connectivity index (χ1v) is 8.27. The van der Waals surface area contributed by atoms with E-state index in [-0.39, 0.29) is 0 Å². The number of nitrogens with one attached hydrogen (secondary N) is 1. The summed E-state index contributed by atoms with van der Waals surface area (Å²) in [6.07, 6.45) is 3.30. The Morgan fingerprint density at radius 3 is 3.00 bits per heavy atom. The summed E-state index contributed by atoms with van der Waals surface area (Å²) in [5.74, 6) is 0.949. The van der Waals surface area contributed by atoms with Gasteiger partial charge in [-0.2, -0.15) is 0 Å². The summed E-state index contributed by atoms with van der Waals surface area (Å²) in [6, 6.07) is 13.3. The van der Waals surface area contributed by atoms with E-state index >= 15 is 0 Å². The molecule has 2 aromatic rings. The predicted molar refractivity (Wildman–Crippen MR) is 87.5 cm³/mol. The van der Waals surface area contributed by atoms with Gasteiger partial charge >= 0.3 is 0 Å². The maximum Gasteiger partial charge on any atom is 0.150 e. The Bertz CT molecular complexity index is 567. The third-order valence-corrected chi connectivity index (χ3v) is 4.20. The Balaban J connectivity index is 1.42. The van der Waals surface area contributed by atoms with E-state index in [9.17, 15) is 0 Å². The van der Waals surface area contributed by atoms with E-state index in [1.807, 2.05) is 0 Å². The molecule has 0 amide bonds. The van der Waals surface area contributed by atoms with E-state index in [1.165, 1.54) is 12.0 Å². The molecule has 1 aromatic carbocycles. The second-order valence-corrected chi connectivity index (χ2v) is 6.12. The molecule has 22 heavy (non-hydrogen) atoms. The first-order chi connectivity index (χ1) is 10.8. The number of nitrogens with zero attached hydrogens (tertiary/aromatic N) is 2. The van der Waals surface area contributed by atoms with Crippen LogP contribution >= 0.6 is 0 Å². The summed E-state index contributed by atoms with van der Waals surface area (Å²) in [5, 5.41) is 7.69. The molecular weight excluding hydrogens is 274 g/mol. The van der Waals surface area contributed by atoms with E-state index in [1.54, 1.807) is 0 Å². The first kappa shape index (κ1) is 15.3. The van der Waals surface area contributed by atoms with Gasteiger partial charge in [0.05, 0.1) is 12.2 Å². The molecule has 1 atom stereocenters. The highest BCUT2D eigenvalue weighted by Crippen LogP contribution is 2.14. The van der Waals surface area contributed by atoms with E-state index in [2.05, 4.69) is 58.7 Å². The molecule has 1 aliphatic heterocycles. The van der Waals surface area contributed by atoms with Crippen LogP contribution in [0, 0.1) is 0 Å². The fraction of sp³-hybridized carbons (Fsp3) is 0.500. The molecule has 1 aromatic heterocycles. The maximum atomic E-state index is 5.37. The molecule has 1 saturated heterocycles. The highest BCUT2D eigenvalue weighted by Gasteiger charge is 2.22. The minimum atomic E-state index is 0.545. The first-order valence-electron chi connectivity index (χ1n) is 8.27. The highest BCUT2D eigenvalue weighted by atomic mass is 16.5. The third-order valence-electron chi connectivity index (χ3n) is 4.20. The molecule has 3 rings (SSSR count). The largest absolute Gasteiger partial charge is 0.360 e. The Hall–Kier alpha value is -1.65. The second-order valence-electron chi connectivity index (χ2n) is 6.12. The Kier molecular flexibility index (Phi) is 5.24. The molecular formula is C18H25N3O. The van der Waals surface area contributed by atoms with Gasteiger partial charge < -0.3 is 9.84 Å². The number of hydrogen-bond acceptors (Lipinski definition) is 4. The summed E-state index contributed by atoms with van der Waals surface area (Å²) in [4.78, 5) is 2.51. The van der Waals surface area contributed by atoms with Crippen LogP contribution in [-0.4, -0.2) is 29.2 Å². The number of aromatic nitrogens is 1. The van der Waals surface area contributed by atoms with Gasteiger partial charge in [0.1, 0.15) is 0 Å². The molecule has 0 saturated carbocycles. The zero-order valence-electron chi connectivity index (χ0n) is 13.3. The van der Waals surface area contributed by atoms with Gasteiger partial charge in [-0.3, -0.25) is 4.90 Å². The van der Waals surface area contributed by atoms with Crippen molar-refractivity contribution in [3.8, 4) is 0 Å². The summed E-state index contributed by atoms with van der Waals surface area (Å²) in [7, 11) is 0. The lowest BCUT2D eigenvalue weighted by Crippen LogP contribution is -2.31. The quantitative estimate of drug-likeness (QED) is 0.853. The SMILES string of the molecule is CCCc1cc(CN[C@H]2CCN(Cc3ccccc3)C2)on1. The molecule has 1 fully saturated rings. The molecule has 4 heteroatoms. The molecule has 1 aliphatic rings. The van der Waals surface area contributed by atoms with Crippen LogP contribution < -0.4 is 5.32 Å². The normalized spacial score (nSPS) is 18.9. The van der Waals surface area contributed by atoms with E-state index in [4.69, 9.17) is 4.52 Å². The van der Waals surface area contributed by atoms with Crippen LogP contribution in [-0.2, 0) is 19.5 Å². The van der Waals surface area contributed by atoms with Crippen LogP contribution in [0.2, 0.25) is 0 Å². The molecule has 4 nitrogen and oxygen atoms in total. The number of aryl methyl sites for hydroxylation is 1. The number of likely N-dealkylation sites (tertiary alicyclic amines) is 1. The van der Waals surface area contributed by atoms with Crippen molar-refractivity contribution < 1.29 is 4.52 Å². The lowest BCUT2D eigenvalue weighted by molar-refractivity contribution is 0.314. The zero-order valence-corrected chi connectivity index (χ0v) is 13.3. The van der Waals surface area contributed by atoms with Crippen molar-refractivity contribution in [2.24, 2.45) is 0 Å². The van der Waals surface area contributed by atoms with Gasteiger partial charge in [0.25, 0.3) is 0 Å². The fourth-order valence-corrected chi connectivity index (χ4v) is 3.04. The summed E-state index contributed by atoms with van der Waals surface area (Å²) >= 11 is 0. The van der Waals surface area contributed by atoms with Crippen molar-refractivity contribution >= 4 is 0 Å². The molecule has 1 N–H and O–H groups in total. The summed E-state index contributed by atoms with van der Waals surface area (Å²) in [5.41, 5.74) is 2.46. The van der Waals surface area contributed by atoms with Crippen molar-refractivity contribution in [3.63, 3.8) is 0 Å². The van der Waals surface area contributed by atoms with Crippen LogP contribution in [0.5, 0.6) is 0 Å². The van der Waals surface area contributed by atoms with Crippen molar-refractivity contribution in [1.29, 1.82) is 0 Å². The van der Waals surface area contributed by atoms with E-state index in [0.29, 0.717) is 6.04 Å². The summed E-state index contributed by atoms with van der Waals surface area (Å²) in [6.45, 7) is 6.24. The van der Waals surface area contributed by atoms with Gasteiger partial charge in [0, 0.05) is 31.7 Å². The van der Waals surface area contributed by atoms with Crippen molar-refractivity contribution in [2.45, 2.75) is 45.3 Å². The Morgan fingerprint density at radius 1 is 1.32 bits per heavy atom. The zero-order chi connectivity index (χ0) is 15.2. The van der Waals surface area contributed by atoms with Gasteiger partial charge in [0.15, 0.2) is 5.76 Å². The second kappa shape index (κ2) is 7.56. The maximum absolute atomic E-state index is 5.37. The van der Waals surface area contributed by atoms with Crippen LogP contribution in [0.15, 0.2) is 40.9 Å². The van der Waals surface area contributed by atoms with Crippen molar-refractivity contribution in [2.75, 3.05) is 13.1 Å². The van der Waals surface area contributed by atoms with Gasteiger partial charge in [-0.25, -0.2) is 0 Å². The highest BCUT2D eigenvalue weighted by molar-refractivity contribution is 5.14. The fourth-order valence-electron chi connectivity index (χ4n) is 3.04. The van der Waals surface area contributed by atoms with Crippen molar-refractivity contribution in [1.82, 2.24) is 15.4 Å². The summed E-state index contributed by atoms with van der Waals surface area (Å²) < 4.78 is 5.37. The molecule has 0 unspecified atom stereocenters. The van der Waals surface area contributed by atoms with Gasteiger partial charge in [-0.15, -0.1) is 0 Å². The standard InChI is InChI=1S/C18H25N3O/c1-2-6-16-11-18(22-20-16)12-19-17-9-10-21(14-17)13-15-7-4-3-5-8-15/h3-5,7-8,11,17,19H,2,6,9-10,12-14H2,1H3/t17-/m0/s1. The van der Waals surface area contributed by atoms with Crippen LogP contribution in [0.4, 0.5) is 0 Å². The van der Waals surface area contributed by atoms with Crippen LogP contribution in [0.25, 0.3) is 0 Å². The van der Waals surface area contributed by atoms with Gasteiger partial charge in [0.2, 0.25) is 0 Å². The molecule has 0 bridgehead atoms. The van der Waals surface area contributed by atoms with Crippen LogP contribution in [0.3, 0.4) is 0 Å². The average molecular weight is 299 g/mol. The molecule has 118 valence electrons. The number of rotatable bonds is 7. The number of hydrogen-bond donors (Lipinski definition) is 1. The lowest BCUT2D eigenvalue weighted by atomic mass is 10.2. The van der Waals surface area contributed by atoms with Gasteiger partial charge in [-0.05, 0) is 18.4 Å².